The first kappa shape index (κ1) is 24.0. The molecule has 0 unspecified atom stereocenters. The number of hydrogen-bond acceptors (Lipinski definition) is 3. The molecule has 0 atom stereocenters. The lowest BCUT2D eigenvalue weighted by Gasteiger charge is -2.35. The van der Waals surface area contributed by atoms with E-state index in [1.807, 2.05) is 4.90 Å². The van der Waals surface area contributed by atoms with Crippen molar-refractivity contribution in [1.82, 2.24) is 20.0 Å². The molecule has 11 heteroatoms. The molecule has 1 aromatic carbocycles. The Morgan fingerprint density at radius 1 is 1.23 bits per heavy atom. The van der Waals surface area contributed by atoms with E-state index in [1.165, 1.54) is 12.1 Å². The Balaban J connectivity index is 0.00000320. The van der Waals surface area contributed by atoms with Crippen molar-refractivity contribution >= 4 is 41.5 Å². The average molecular weight is 536 g/mol. The van der Waals surface area contributed by atoms with Gasteiger partial charge in [-0.3, -0.25) is 14.5 Å². The Morgan fingerprint density at radius 2 is 1.93 bits per heavy atom. The number of aromatic nitrogens is 2. The van der Waals surface area contributed by atoms with Gasteiger partial charge in [0.15, 0.2) is 5.96 Å². The first-order valence-electron chi connectivity index (χ1n) is 9.18. The van der Waals surface area contributed by atoms with Crippen molar-refractivity contribution < 1.29 is 18.0 Å². The van der Waals surface area contributed by atoms with Gasteiger partial charge in [-0.25, -0.2) is 0 Å². The highest BCUT2D eigenvalue weighted by molar-refractivity contribution is 14.0. The van der Waals surface area contributed by atoms with Crippen LogP contribution in [0.4, 0.5) is 18.9 Å². The lowest BCUT2D eigenvalue weighted by molar-refractivity contribution is -0.137. The van der Waals surface area contributed by atoms with Gasteiger partial charge >= 0.3 is 6.18 Å². The molecule has 1 N–H and O–H groups in total. The number of guanidine groups is 1. The van der Waals surface area contributed by atoms with Gasteiger partial charge in [-0.1, -0.05) is 12.1 Å². The van der Waals surface area contributed by atoms with Gasteiger partial charge in [0.25, 0.3) is 0 Å². The third kappa shape index (κ3) is 5.86. The van der Waals surface area contributed by atoms with Gasteiger partial charge in [0.1, 0.15) is 6.54 Å². The molecule has 3 rings (SSSR count). The van der Waals surface area contributed by atoms with E-state index in [0.29, 0.717) is 32.0 Å². The molecule has 1 aliphatic heterocycles. The summed E-state index contributed by atoms with van der Waals surface area (Å²) in [5.74, 6) is 0.547. The second kappa shape index (κ2) is 10.1. The third-order valence-corrected chi connectivity index (χ3v) is 4.71. The van der Waals surface area contributed by atoms with Gasteiger partial charge in [0.05, 0.1) is 17.4 Å². The van der Waals surface area contributed by atoms with E-state index in [1.54, 1.807) is 36.1 Å². The Labute approximate surface area is 190 Å². The lowest BCUT2D eigenvalue weighted by Crippen LogP contribution is -2.55. The van der Waals surface area contributed by atoms with E-state index in [0.717, 1.165) is 23.4 Å². The number of carbonyl (C=O) groups excluding carboxylic acids is 1. The fraction of sp³-hybridized carbons (Fsp3) is 0.421. The van der Waals surface area contributed by atoms with Crippen LogP contribution in [-0.2, 0) is 24.4 Å². The number of hydrogen-bond donors (Lipinski definition) is 1. The van der Waals surface area contributed by atoms with Crippen LogP contribution < -0.4 is 10.2 Å². The van der Waals surface area contributed by atoms with Crippen LogP contribution in [0.5, 0.6) is 0 Å². The lowest BCUT2D eigenvalue weighted by atomic mass is 10.1. The summed E-state index contributed by atoms with van der Waals surface area (Å²) in [5.41, 5.74) is 0.899. The number of amides is 1. The van der Waals surface area contributed by atoms with Crippen molar-refractivity contribution in [3.8, 4) is 0 Å². The van der Waals surface area contributed by atoms with Gasteiger partial charge in [0.2, 0.25) is 5.91 Å². The van der Waals surface area contributed by atoms with E-state index in [4.69, 9.17) is 0 Å². The average Bonchev–Trinajstić information content (AvgIpc) is 3.11. The summed E-state index contributed by atoms with van der Waals surface area (Å²) in [7, 11) is 3.44. The number of carbonyl (C=O) groups is 1. The molecular weight excluding hydrogens is 512 g/mol. The summed E-state index contributed by atoms with van der Waals surface area (Å²) >= 11 is 0. The fourth-order valence-electron chi connectivity index (χ4n) is 3.19. The van der Waals surface area contributed by atoms with Crippen LogP contribution in [0.1, 0.15) is 11.1 Å². The van der Waals surface area contributed by atoms with Crippen LogP contribution in [0.15, 0.2) is 41.7 Å². The van der Waals surface area contributed by atoms with E-state index in [9.17, 15) is 18.0 Å². The molecule has 1 aromatic heterocycles. The maximum atomic E-state index is 12.6. The highest BCUT2D eigenvalue weighted by Crippen LogP contribution is 2.29. The zero-order chi connectivity index (χ0) is 21.0. The normalized spacial score (nSPS) is 15.2. The van der Waals surface area contributed by atoms with Crippen LogP contribution in [0.25, 0.3) is 0 Å². The molecular formula is C19H24F3IN6O. The van der Waals surface area contributed by atoms with Gasteiger partial charge in [-0.2, -0.15) is 18.3 Å². The van der Waals surface area contributed by atoms with Gasteiger partial charge in [0, 0.05) is 39.9 Å². The van der Waals surface area contributed by atoms with Crippen molar-refractivity contribution in [2.45, 2.75) is 12.6 Å². The van der Waals surface area contributed by atoms with Crippen LogP contribution in [-0.4, -0.2) is 59.8 Å². The van der Waals surface area contributed by atoms with E-state index >= 15 is 0 Å². The number of aliphatic imine (C=N–C) groups is 1. The SMILES string of the molecule is CN=C(NCCc1ccc(C(F)(F)F)cc1)N1CCN(c2cnn(C)c2)C(=O)C1.I. The molecule has 0 saturated carbocycles. The smallest absolute Gasteiger partial charge is 0.356 e. The summed E-state index contributed by atoms with van der Waals surface area (Å²) in [5, 5.41) is 7.27. The number of anilines is 1. The van der Waals surface area contributed by atoms with E-state index < -0.39 is 11.7 Å². The maximum absolute atomic E-state index is 12.6. The molecule has 0 radical (unpaired) electrons. The fourth-order valence-corrected chi connectivity index (χ4v) is 3.19. The topological polar surface area (TPSA) is 65.8 Å². The summed E-state index contributed by atoms with van der Waals surface area (Å²) < 4.78 is 39.5. The zero-order valence-electron chi connectivity index (χ0n) is 16.7. The van der Waals surface area contributed by atoms with Crippen LogP contribution in [0, 0.1) is 0 Å². The number of rotatable bonds is 4. The Morgan fingerprint density at radius 3 is 2.47 bits per heavy atom. The zero-order valence-corrected chi connectivity index (χ0v) is 19.0. The third-order valence-electron chi connectivity index (χ3n) is 4.71. The van der Waals surface area contributed by atoms with Crippen molar-refractivity contribution in [2.24, 2.45) is 12.0 Å². The molecule has 2 heterocycles. The summed E-state index contributed by atoms with van der Waals surface area (Å²) in [6, 6.07) is 5.12. The Hall–Kier alpha value is -2.31. The second-order valence-corrected chi connectivity index (χ2v) is 6.76. The summed E-state index contributed by atoms with van der Waals surface area (Å²) in [6.45, 7) is 1.81. The first-order chi connectivity index (χ1) is 13.8. The van der Waals surface area contributed by atoms with Crippen molar-refractivity contribution in [3.05, 3.63) is 47.8 Å². The van der Waals surface area contributed by atoms with Crippen molar-refractivity contribution in [1.29, 1.82) is 0 Å². The molecule has 0 aliphatic carbocycles. The minimum Gasteiger partial charge on any atom is -0.356 e. The molecule has 1 saturated heterocycles. The van der Waals surface area contributed by atoms with E-state index in [2.05, 4.69) is 15.4 Å². The number of nitrogens with zero attached hydrogens (tertiary/aromatic N) is 5. The first-order valence-corrected chi connectivity index (χ1v) is 9.18. The molecule has 164 valence electrons. The van der Waals surface area contributed by atoms with Crippen molar-refractivity contribution in [2.75, 3.05) is 38.1 Å². The monoisotopic (exact) mass is 536 g/mol. The van der Waals surface area contributed by atoms with Gasteiger partial charge in [-0.05, 0) is 24.1 Å². The number of piperazine rings is 1. The highest BCUT2D eigenvalue weighted by Gasteiger charge is 2.30. The van der Waals surface area contributed by atoms with Gasteiger partial charge < -0.3 is 15.1 Å². The molecule has 0 bridgehead atoms. The largest absolute Gasteiger partial charge is 0.416 e. The van der Waals surface area contributed by atoms with E-state index in [-0.39, 0.29) is 36.4 Å². The summed E-state index contributed by atoms with van der Waals surface area (Å²) in [4.78, 5) is 20.3. The predicted octanol–water partition coefficient (Wildman–Crippen LogP) is 2.52. The molecule has 7 nitrogen and oxygen atoms in total. The van der Waals surface area contributed by atoms with Crippen LogP contribution in [0.2, 0.25) is 0 Å². The van der Waals surface area contributed by atoms with Crippen molar-refractivity contribution in [3.63, 3.8) is 0 Å². The second-order valence-electron chi connectivity index (χ2n) is 6.76. The van der Waals surface area contributed by atoms with Crippen LogP contribution >= 0.6 is 24.0 Å². The number of alkyl halides is 3. The molecule has 2 aromatic rings. The number of benzene rings is 1. The highest BCUT2D eigenvalue weighted by atomic mass is 127. The van der Waals surface area contributed by atoms with Crippen LogP contribution in [0.3, 0.4) is 0 Å². The molecule has 30 heavy (non-hydrogen) atoms. The molecule has 1 amide bonds. The summed E-state index contributed by atoms with van der Waals surface area (Å²) in [6.07, 6.45) is -0.334. The number of aryl methyl sites for hydroxylation is 1. The number of halogens is 4. The number of nitrogens with one attached hydrogen (secondary N) is 1. The minimum atomic E-state index is -4.33. The minimum absolute atomic E-state index is 0. The Bertz CT molecular complexity index is 881. The molecule has 1 fully saturated rings. The Kier molecular flexibility index (Phi) is 8.10. The molecule has 0 spiro atoms. The molecule has 1 aliphatic rings. The maximum Gasteiger partial charge on any atom is 0.416 e. The quantitative estimate of drug-likeness (QED) is 0.371. The van der Waals surface area contributed by atoms with Gasteiger partial charge in [-0.15, -0.1) is 24.0 Å². The standard InChI is InChI=1S/C19H23F3N6O.HI/c1-23-18(24-8-7-14-3-5-15(6-4-14)19(20,21)22)27-9-10-28(17(29)13-27)16-11-25-26(2)12-16;/h3-6,11-12H,7-10,13H2,1-2H3,(H,23,24);1H. The predicted molar refractivity (Wildman–Crippen MR) is 119 cm³/mol.